The molecule has 1 aliphatic carbocycles. The van der Waals surface area contributed by atoms with Crippen LogP contribution in [0.5, 0.6) is 17.2 Å². The van der Waals surface area contributed by atoms with Crippen molar-refractivity contribution in [2.24, 2.45) is 5.92 Å². The summed E-state index contributed by atoms with van der Waals surface area (Å²) in [7, 11) is 4.83. The van der Waals surface area contributed by atoms with Crippen molar-refractivity contribution in [2.45, 2.75) is 58.4 Å². The molecule has 1 fully saturated rings. The van der Waals surface area contributed by atoms with Gasteiger partial charge in [0.05, 0.1) is 37.4 Å². The molecule has 1 heterocycles. The Balaban J connectivity index is 1.54. The lowest BCUT2D eigenvalue weighted by atomic mass is 9.84. The van der Waals surface area contributed by atoms with E-state index in [1.165, 1.54) is 0 Å². The van der Waals surface area contributed by atoms with E-state index < -0.39 is 11.7 Å². The summed E-state index contributed by atoms with van der Waals surface area (Å²) in [4.78, 5) is 31.7. The minimum atomic E-state index is -0.705. The first-order valence-electron chi connectivity index (χ1n) is 16.3. The Morgan fingerprint density at radius 2 is 1.61 bits per heavy atom. The van der Waals surface area contributed by atoms with Crippen molar-refractivity contribution in [3.8, 4) is 17.2 Å². The Morgan fingerprint density at radius 1 is 0.918 bits per heavy atom. The van der Waals surface area contributed by atoms with Crippen LogP contribution in [0, 0.1) is 5.92 Å². The van der Waals surface area contributed by atoms with Crippen LogP contribution in [0.3, 0.4) is 0 Å². The van der Waals surface area contributed by atoms with E-state index in [1.54, 1.807) is 38.4 Å². The fourth-order valence-electron chi connectivity index (χ4n) is 5.99. The molecular weight excluding hydrogens is 667 g/mol. The lowest BCUT2D eigenvalue weighted by Gasteiger charge is -2.38. The van der Waals surface area contributed by atoms with Crippen LogP contribution in [0.15, 0.2) is 66.2 Å². The second-order valence-electron chi connectivity index (χ2n) is 13.3. The summed E-state index contributed by atoms with van der Waals surface area (Å²) in [5, 5.41) is 0.854. The normalized spacial score (nSPS) is 16.3. The largest absolute Gasteiger partial charge is 0.497 e. The fourth-order valence-corrected chi connectivity index (χ4v) is 6.37. The third kappa shape index (κ3) is 9.21. The zero-order valence-corrected chi connectivity index (χ0v) is 30.4. The van der Waals surface area contributed by atoms with E-state index in [-0.39, 0.29) is 44.2 Å². The summed E-state index contributed by atoms with van der Waals surface area (Å²) in [6, 6.07) is 18.8. The number of hydrogen-bond acceptors (Lipinski definition) is 7. The Morgan fingerprint density at radius 3 is 2.24 bits per heavy atom. The smallest absolute Gasteiger partial charge is 0.410 e. The van der Waals surface area contributed by atoms with Gasteiger partial charge in [0.15, 0.2) is 0 Å². The van der Waals surface area contributed by atoms with E-state index in [9.17, 15) is 9.59 Å². The lowest BCUT2D eigenvalue weighted by molar-refractivity contribution is -0.128. The second-order valence-corrected chi connectivity index (χ2v) is 14.1. The monoisotopic (exact) mass is 710 g/mol. The molecule has 3 aromatic rings. The maximum absolute atomic E-state index is 14.8. The molecular formula is C38H44Cl2N2O7. The van der Waals surface area contributed by atoms with Crippen LogP contribution in [-0.2, 0) is 27.4 Å². The number of rotatable bonds is 12. The van der Waals surface area contributed by atoms with Gasteiger partial charge in [-0.05, 0) is 86.2 Å². The molecule has 0 N–H and O–H groups in total. The van der Waals surface area contributed by atoms with Crippen LogP contribution in [0.4, 0.5) is 4.79 Å². The van der Waals surface area contributed by atoms with Gasteiger partial charge in [-0.1, -0.05) is 47.5 Å². The van der Waals surface area contributed by atoms with Gasteiger partial charge in [0.25, 0.3) is 5.91 Å². The molecule has 1 atom stereocenters. The van der Waals surface area contributed by atoms with Gasteiger partial charge in [-0.3, -0.25) is 4.79 Å². The van der Waals surface area contributed by atoms with Crippen molar-refractivity contribution in [3.05, 3.63) is 93.0 Å². The molecule has 0 saturated heterocycles. The first kappa shape index (κ1) is 36.4. The number of nitrogens with zero attached hydrogens (tertiary/aromatic N) is 2. The third-order valence-electron chi connectivity index (χ3n) is 8.38. The molecule has 262 valence electrons. The standard InChI is InChI=1S/C38H44Cl2N2O7/c1-38(2,3)49-37(44)41-19-27(23-45-4)34(25-9-7-11-29(17-25)48-22-24-15-30(46-5)18-31(16-24)47-6)32(21-41)36(43)42(28-13-14-28)20-26-10-8-12-33(39)35(26)40/h7-12,15-18,27-28H,13-14,19-23H2,1-6H3. The molecule has 0 aromatic heterocycles. The van der Waals surface area contributed by atoms with Gasteiger partial charge in [0.2, 0.25) is 0 Å². The van der Waals surface area contributed by atoms with Crippen molar-refractivity contribution < 1.29 is 33.3 Å². The first-order chi connectivity index (χ1) is 23.4. The number of ether oxygens (including phenoxy) is 5. The highest BCUT2D eigenvalue weighted by Crippen LogP contribution is 2.39. The SMILES string of the molecule is COCC1CN(C(=O)OC(C)(C)C)CC(C(=O)N(Cc2cccc(Cl)c2Cl)C2CC2)=C1c1cccc(OCc2cc(OC)cc(OC)c2)c1. The van der Waals surface area contributed by atoms with Gasteiger partial charge in [0, 0.05) is 43.8 Å². The van der Waals surface area contributed by atoms with Crippen molar-refractivity contribution in [1.82, 2.24) is 9.80 Å². The lowest BCUT2D eigenvalue weighted by Crippen LogP contribution is -2.48. The highest BCUT2D eigenvalue weighted by atomic mass is 35.5. The summed E-state index contributed by atoms with van der Waals surface area (Å²) < 4.78 is 28.6. The molecule has 1 unspecified atom stereocenters. The summed E-state index contributed by atoms with van der Waals surface area (Å²) in [6.07, 6.45) is 1.27. The predicted molar refractivity (Wildman–Crippen MR) is 190 cm³/mol. The zero-order valence-electron chi connectivity index (χ0n) is 28.9. The number of carbonyl (C=O) groups is 2. The van der Waals surface area contributed by atoms with Gasteiger partial charge in [-0.2, -0.15) is 0 Å². The molecule has 2 amide bonds. The van der Waals surface area contributed by atoms with Crippen LogP contribution in [-0.4, -0.2) is 74.5 Å². The van der Waals surface area contributed by atoms with Gasteiger partial charge in [-0.25, -0.2) is 4.79 Å². The van der Waals surface area contributed by atoms with Gasteiger partial charge in [-0.15, -0.1) is 0 Å². The summed E-state index contributed by atoms with van der Waals surface area (Å²) in [5.41, 5.74) is 3.05. The number of amides is 2. The number of halogens is 2. The van der Waals surface area contributed by atoms with Gasteiger partial charge < -0.3 is 33.5 Å². The molecule has 0 spiro atoms. The number of benzene rings is 3. The summed E-state index contributed by atoms with van der Waals surface area (Å²) in [5.74, 6) is 1.46. The first-order valence-corrected chi connectivity index (χ1v) is 17.0. The van der Waals surface area contributed by atoms with Crippen LogP contribution in [0.1, 0.15) is 50.3 Å². The van der Waals surface area contributed by atoms with E-state index in [4.69, 9.17) is 46.9 Å². The highest BCUT2D eigenvalue weighted by Gasteiger charge is 2.40. The van der Waals surface area contributed by atoms with Crippen LogP contribution < -0.4 is 14.2 Å². The van der Waals surface area contributed by atoms with Crippen LogP contribution in [0.2, 0.25) is 10.0 Å². The van der Waals surface area contributed by atoms with Crippen molar-refractivity contribution in [1.29, 1.82) is 0 Å². The van der Waals surface area contributed by atoms with Crippen LogP contribution >= 0.6 is 23.2 Å². The molecule has 9 nitrogen and oxygen atoms in total. The average Bonchev–Trinajstić information content (AvgIpc) is 3.92. The molecule has 49 heavy (non-hydrogen) atoms. The Labute approximate surface area is 298 Å². The van der Waals surface area contributed by atoms with Crippen molar-refractivity contribution in [2.75, 3.05) is 41.0 Å². The molecule has 0 radical (unpaired) electrons. The average molecular weight is 712 g/mol. The van der Waals surface area contributed by atoms with E-state index in [2.05, 4.69) is 0 Å². The minimum Gasteiger partial charge on any atom is -0.497 e. The quantitative estimate of drug-likeness (QED) is 0.188. The van der Waals surface area contributed by atoms with E-state index in [0.717, 1.165) is 35.1 Å². The molecule has 2 aliphatic rings. The topological polar surface area (TPSA) is 86.8 Å². The van der Waals surface area contributed by atoms with E-state index in [0.29, 0.717) is 39.4 Å². The van der Waals surface area contributed by atoms with Crippen molar-refractivity contribution >= 4 is 40.8 Å². The summed E-state index contributed by atoms with van der Waals surface area (Å²) >= 11 is 13.0. The van der Waals surface area contributed by atoms with Crippen molar-refractivity contribution in [3.63, 3.8) is 0 Å². The van der Waals surface area contributed by atoms with E-state index >= 15 is 0 Å². The Kier molecular flexibility index (Phi) is 11.7. The Bertz CT molecular complexity index is 1680. The number of methoxy groups -OCH3 is 3. The Hall–Kier alpha value is -3.92. The number of hydrogen-bond donors (Lipinski definition) is 0. The molecule has 1 aliphatic heterocycles. The maximum Gasteiger partial charge on any atom is 0.410 e. The second kappa shape index (κ2) is 15.7. The van der Waals surface area contributed by atoms with E-state index in [1.807, 2.05) is 74.2 Å². The fraction of sp³-hybridized carbons (Fsp3) is 0.421. The van der Waals surface area contributed by atoms with Crippen LogP contribution in [0.25, 0.3) is 5.57 Å². The minimum absolute atomic E-state index is 0.0450. The maximum atomic E-state index is 14.8. The molecule has 1 saturated carbocycles. The zero-order chi connectivity index (χ0) is 35.3. The molecule has 0 bridgehead atoms. The predicted octanol–water partition coefficient (Wildman–Crippen LogP) is 8.05. The molecule has 5 rings (SSSR count). The van der Waals surface area contributed by atoms with Gasteiger partial charge >= 0.3 is 6.09 Å². The third-order valence-corrected chi connectivity index (χ3v) is 9.24. The highest BCUT2D eigenvalue weighted by molar-refractivity contribution is 6.42. The van der Waals surface area contributed by atoms with Gasteiger partial charge in [0.1, 0.15) is 29.5 Å². The molecule has 3 aromatic carbocycles. The number of carbonyl (C=O) groups excluding carboxylic acids is 2. The summed E-state index contributed by atoms with van der Waals surface area (Å²) in [6.45, 7) is 6.70. The molecule has 11 heteroatoms.